The molecule has 1 N–H and O–H groups in total. The van der Waals surface area contributed by atoms with Crippen molar-refractivity contribution in [1.82, 2.24) is 19.4 Å². The van der Waals surface area contributed by atoms with Crippen LogP contribution >= 0.6 is 34.7 Å². The molecule has 0 aliphatic carbocycles. The third-order valence-corrected chi connectivity index (χ3v) is 11.5. The number of nitrogens with one attached hydrogen (secondary N) is 1. The number of amides is 2. The van der Waals surface area contributed by atoms with Gasteiger partial charge in [-0.25, -0.2) is 23.8 Å². The molecule has 272 valence electrons. The van der Waals surface area contributed by atoms with Crippen molar-refractivity contribution >= 4 is 79.0 Å². The first-order valence-electron chi connectivity index (χ1n) is 16.8. The Morgan fingerprint density at radius 2 is 1.75 bits per heavy atom. The normalized spacial score (nSPS) is 20.3. The third kappa shape index (κ3) is 6.73. The summed E-state index contributed by atoms with van der Waals surface area (Å²) >= 11 is 9.73. The van der Waals surface area contributed by atoms with Gasteiger partial charge in [-0.2, -0.15) is 4.98 Å². The fourth-order valence-corrected chi connectivity index (χ4v) is 9.73. The van der Waals surface area contributed by atoms with Crippen molar-refractivity contribution in [2.45, 2.75) is 88.6 Å². The van der Waals surface area contributed by atoms with Crippen molar-refractivity contribution in [1.29, 1.82) is 0 Å². The van der Waals surface area contributed by atoms with Crippen LogP contribution in [0.25, 0.3) is 32.2 Å². The number of fused-ring (bicyclic) bond motifs is 3. The van der Waals surface area contributed by atoms with Crippen molar-refractivity contribution < 1.29 is 28.2 Å². The Balaban J connectivity index is 1.35. The molecule has 5 heterocycles. The molecule has 0 spiro atoms. The van der Waals surface area contributed by atoms with Crippen LogP contribution in [-0.2, 0) is 14.2 Å². The number of methoxy groups -OCH3 is 1. The van der Waals surface area contributed by atoms with Gasteiger partial charge in [0.25, 0.3) is 0 Å². The number of thiazole rings is 1. The highest BCUT2D eigenvalue weighted by Gasteiger charge is 2.45. The molecule has 3 aliphatic rings. The van der Waals surface area contributed by atoms with Crippen LogP contribution in [0, 0.1) is 5.82 Å². The second-order valence-corrected chi connectivity index (χ2v) is 17.5. The summed E-state index contributed by atoms with van der Waals surface area (Å²) in [5, 5.41) is 3.87. The van der Waals surface area contributed by atoms with E-state index in [9.17, 15) is 14.4 Å². The number of piperazine rings is 1. The smallest absolute Gasteiger partial charge is 0.413 e. The predicted octanol–water partition coefficient (Wildman–Crippen LogP) is 7.69. The van der Waals surface area contributed by atoms with Gasteiger partial charge in [0.2, 0.25) is 0 Å². The number of aromatic nitrogens is 3. The highest BCUT2D eigenvalue weighted by molar-refractivity contribution is 7.99. The maximum Gasteiger partial charge on any atom is 0.413 e. The fraction of sp³-hybridized carbons (Fsp3) is 0.514. The van der Waals surface area contributed by atoms with E-state index in [1.54, 1.807) is 50.3 Å². The second kappa shape index (κ2) is 13.1. The minimum Gasteiger partial charge on any atom is -0.444 e. The molecule has 16 heteroatoms. The number of carbonyl (C=O) groups excluding carboxylic acids is 2. The molecule has 4 aromatic rings. The van der Waals surface area contributed by atoms with Crippen LogP contribution in [0.5, 0.6) is 0 Å². The summed E-state index contributed by atoms with van der Waals surface area (Å²) in [6, 6.07) is 4.29. The summed E-state index contributed by atoms with van der Waals surface area (Å²) in [7, 11) is 1.60. The minimum atomic E-state index is -0.731. The van der Waals surface area contributed by atoms with Crippen molar-refractivity contribution in [2.24, 2.45) is 0 Å². The van der Waals surface area contributed by atoms with Crippen LogP contribution in [0.3, 0.4) is 0 Å². The van der Waals surface area contributed by atoms with Gasteiger partial charge in [-0.05, 0) is 72.6 Å². The average Bonchev–Trinajstić information content (AvgIpc) is 3.56. The lowest BCUT2D eigenvalue weighted by Gasteiger charge is -2.42. The first-order valence-corrected chi connectivity index (χ1v) is 19.0. The number of ether oxygens (including phenoxy) is 3. The van der Waals surface area contributed by atoms with Gasteiger partial charge >= 0.3 is 17.9 Å². The van der Waals surface area contributed by atoms with E-state index in [0.29, 0.717) is 63.8 Å². The third-order valence-electron chi connectivity index (χ3n) is 9.00. The maximum absolute atomic E-state index is 15.3. The molecule has 2 aromatic heterocycles. The standard InChI is InChI=1S/C35H40ClFN6O6S2/c1-34(2,3)48-32(45)40-30-38-25-20(10-11-23(37)27(25)51-30)24-22(36)12-21-26-28(24)50-16-19(15-47-7)43(26)31(44)39-29(21)41-13-17-8-9-18(14-41)42(17)33(46)49-35(4,5)6/h10-12,17-19H,8-9,13-16H2,1-7H3,(H,38,40,45). The van der Waals surface area contributed by atoms with Crippen molar-refractivity contribution in [3.8, 4) is 11.1 Å². The predicted molar refractivity (Wildman–Crippen MR) is 198 cm³/mol. The molecule has 2 fully saturated rings. The first kappa shape index (κ1) is 35.7. The number of halogens is 2. The van der Waals surface area contributed by atoms with Gasteiger partial charge < -0.3 is 19.1 Å². The van der Waals surface area contributed by atoms with Crippen molar-refractivity contribution in [2.75, 3.05) is 42.8 Å². The molecular weight excluding hydrogens is 719 g/mol. The molecule has 51 heavy (non-hydrogen) atoms. The Kier molecular flexibility index (Phi) is 9.16. The molecule has 3 atom stereocenters. The Morgan fingerprint density at radius 1 is 1.06 bits per heavy atom. The fourth-order valence-electron chi connectivity index (χ4n) is 7.18. The molecule has 2 saturated heterocycles. The molecule has 0 radical (unpaired) electrons. The summed E-state index contributed by atoms with van der Waals surface area (Å²) in [4.78, 5) is 53.7. The Bertz CT molecular complexity index is 2110. The summed E-state index contributed by atoms with van der Waals surface area (Å²) in [6.07, 6.45) is 0.599. The second-order valence-electron chi connectivity index (χ2n) is 15.1. The van der Waals surface area contributed by atoms with E-state index in [4.69, 9.17) is 25.8 Å². The zero-order valence-electron chi connectivity index (χ0n) is 29.5. The molecular formula is C35H40ClFN6O6S2. The van der Waals surface area contributed by atoms with E-state index in [1.807, 2.05) is 31.7 Å². The van der Waals surface area contributed by atoms with Crippen LogP contribution in [0.15, 0.2) is 27.9 Å². The SMILES string of the molecule is COCC1CSc2c(-c3ccc(F)c4sc(NC(=O)OC(C)(C)C)nc34)c(Cl)cc3c(N4CC5CCC(C4)N5C(=O)OC(C)(C)C)nc(=O)n1c23. The van der Waals surface area contributed by atoms with E-state index in [1.165, 1.54) is 6.07 Å². The van der Waals surface area contributed by atoms with Crippen LogP contribution in [0.2, 0.25) is 5.02 Å². The number of nitrogens with zero attached hydrogens (tertiary/aromatic N) is 5. The Hall–Kier alpha value is -3.66. The van der Waals surface area contributed by atoms with Gasteiger partial charge in [0.15, 0.2) is 5.13 Å². The zero-order valence-corrected chi connectivity index (χ0v) is 31.9. The van der Waals surface area contributed by atoms with Crippen LogP contribution in [0.1, 0.15) is 60.4 Å². The van der Waals surface area contributed by atoms with Gasteiger partial charge in [-0.15, -0.1) is 11.8 Å². The highest BCUT2D eigenvalue weighted by atomic mass is 35.5. The molecule has 7 rings (SSSR count). The lowest BCUT2D eigenvalue weighted by Crippen LogP contribution is -2.57. The lowest BCUT2D eigenvalue weighted by atomic mass is 10.0. The summed E-state index contributed by atoms with van der Waals surface area (Å²) in [5.74, 6) is 0.517. The number of anilines is 2. The highest BCUT2D eigenvalue weighted by Crippen LogP contribution is 2.50. The number of hydrogen-bond donors (Lipinski definition) is 1. The van der Waals surface area contributed by atoms with Crippen LogP contribution in [-0.4, -0.2) is 87.5 Å². The molecule has 12 nitrogen and oxygen atoms in total. The van der Waals surface area contributed by atoms with E-state index in [0.717, 1.165) is 29.1 Å². The number of hydrogen-bond acceptors (Lipinski definition) is 11. The minimum absolute atomic E-state index is 0.101. The first-order chi connectivity index (χ1) is 24.0. The molecule has 0 saturated carbocycles. The van der Waals surface area contributed by atoms with Crippen molar-refractivity contribution in [3.63, 3.8) is 0 Å². The number of thioether (sulfide) groups is 1. The van der Waals surface area contributed by atoms with E-state index >= 15 is 4.39 Å². The molecule has 3 aliphatic heterocycles. The molecule has 3 unspecified atom stereocenters. The van der Waals surface area contributed by atoms with Gasteiger partial charge in [-0.3, -0.25) is 14.8 Å². The Morgan fingerprint density at radius 3 is 2.39 bits per heavy atom. The number of benzene rings is 2. The Labute approximate surface area is 307 Å². The summed E-state index contributed by atoms with van der Waals surface area (Å²) in [6.45, 7) is 12.1. The molecule has 2 amide bonds. The van der Waals surface area contributed by atoms with Crippen molar-refractivity contribution in [3.05, 3.63) is 39.5 Å². The lowest BCUT2D eigenvalue weighted by molar-refractivity contribution is 0.0122. The van der Waals surface area contributed by atoms with Gasteiger partial charge in [0.05, 0.1) is 45.5 Å². The quantitative estimate of drug-likeness (QED) is 0.216. The summed E-state index contributed by atoms with van der Waals surface area (Å²) < 4.78 is 33.8. The average molecular weight is 759 g/mol. The summed E-state index contributed by atoms with van der Waals surface area (Å²) in [5.41, 5.74) is 0.370. The topological polar surface area (TPSA) is 128 Å². The number of carbonyl (C=O) groups is 2. The maximum atomic E-state index is 15.3. The van der Waals surface area contributed by atoms with E-state index in [2.05, 4.69) is 20.2 Å². The molecule has 2 aromatic carbocycles. The largest absolute Gasteiger partial charge is 0.444 e. The van der Waals surface area contributed by atoms with E-state index in [-0.39, 0.29) is 34.1 Å². The monoisotopic (exact) mass is 758 g/mol. The van der Waals surface area contributed by atoms with Crippen LogP contribution in [0.4, 0.5) is 24.9 Å². The van der Waals surface area contributed by atoms with Gasteiger partial charge in [-0.1, -0.05) is 22.9 Å². The van der Waals surface area contributed by atoms with Crippen LogP contribution < -0.4 is 15.9 Å². The molecule has 2 bridgehead atoms. The van der Waals surface area contributed by atoms with Gasteiger partial charge in [0.1, 0.15) is 22.8 Å². The zero-order chi connectivity index (χ0) is 36.6. The van der Waals surface area contributed by atoms with E-state index < -0.39 is 28.8 Å². The van der Waals surface area contributed by atoms with Gasteiger partial charge in [0, 0.05) is 47.4 Å². The number of rotatable bonds is 5.